The highest BCUT2D eigenvalue weighted by Crippen LogP contribution is 2.33. The van der Waals surface area contributed by atoms with Crippen molar-refractivity contribution in [3.8, 4) is 0 Å². The number of rotatable bonds is 12. The maximum absolute atomic E-state index is 14.2. The molecule has 0 spiro atoms. The first-order valence-corrected chi connectivity index (χ1v) is 17.2. The molecule has 2 atom stereocenters. The van der Waals surface area contributed by atoms with Crippen molar-refractivity contribution in [1.82, 2.24) is 30.0 Å². The molecule has 6 rings (SSSR count). The van der Waals surface area contributed by atoms with Crippen molar-refractivity contribution < 1.29 is 14.3 Å². The van der Waals surface area contributed by atoms with Crippen LogP contribution in [0.2, 0.25) is 0 Å². The second kappa shape index (κ2) is 14.9. The maximum Gasteiger partial charge on any atom is 0.306 e. The summed E-state index contributed by atoms with van der Waals surface area (Å²) >= 11 is 0. The van der Waals surface area contributed by atoms with Gasteiger partial charge in [-0.1, -0.05) is 19.4 Å². The largest absolute Gasteiger partial charge is 0.481 e. The monoisotopic (exact) mass is 632 g/mol. The number of fused-ring (bicyclic) bond motifs is 1. The molecule has 11 heteroatoms. The summed E-state index contributed by atoms with van der Waals surface area (Å²) in [6.45, 7) is 7.15. The minimum atomic E-state index is -0.664. The molecule has 2 aliphatic heterocycles. The second-order valence-electron chi connectivity index (χ2n) is 13.4. The Bertz CT molecular complexity index is 1470. The molecule has 10 nitrogen and oxygen atoms in total. The SMILES string of the molecule is CC[C@@H](NCc1nc2c(c(N[C@@H](CN3CCCCC3)c3cnn(C)c3)n1)CN(c1cccc(F)c1)CC2)C1CCC(C(=O)O)CC1. The number of aromatic nitrogens is 4. The Hall–Kier alpha value is -3.57. The molecule has 1 saturated carbocycles. The van der Waals surface area contributed by atoms with Crippen LogP contribution in [0.15, 0.2) is 36.7 Å². The smallest absolute Gasteiger partial charge is 0.306 e. The van der Waals surface area contributed by atoms with Crippen LogP contribution in [-0.2, 0) is 31.4 Å². The van der Waals surface area contributed by atoms with E-state index in [0.29, 0.717) is 19.0 Å². The van der Waals surface area contributed by atoms with E-state index in [1.807, 2.05) is 24.0 Å². The number of carbonyl (C=O) groups is 1. The molecule has 2 fully saturated rings. The molecule has 3 N–H and O–H groups in total. The Morgan fingerprint density at radius 1 is 1.11 bits per heavy atom. The summed E-state index contributed by atoms with van der Waals surface area (Å²) in [6.07, 6.45) is 12.8. The number of halogens is 1. The third kappa shape index (κ3) is 7.86. The van der Waals surface area contributed by atoms with Gasteiger partial charge >= 0.3 is 5.97 Å². The molecule has 0 bridgehead atoms. The number of carboxylic acids is 1. The standard InChI is InChI=1S/C35H49FN8O2/c1-3-30(24-10-12-25(13-11-24)35(45)46)37-20-33-39-31-14-17-44(28-9-7-8-27(36)18-28)22-29(31)34(41-33)40-32(26-19-38-42(2)21-26)23-43-15-5-4-6-16-43/h7-9,18-19,21,24-25,30,32,37H,3-6,10-17,20,22-23H2,1-2H3,(H,45,46)(H,39,40,41)/t24?,25?,30-,32+/m1/s1. The minimum Gasteiger partial charge on any atom is -0.481 e. The van der Waals surface area contributed by atoms with E-state index in [1.165, 1.54) is 25.3 Å². The normalized spacial score (nSPS) is 21.8. The molecule has 46 heavy (non-hydrogen) atoms. The van der Waals surface area contributed by atoms with Crippen molar-refractivity contribution in [3.63, 3.8) is 0 Å². The van der Waals surface area contributed by atoms with E-state index in [1.54, 1.807) is 12.1 Å². The molecule has 0 unspecified atom stereocenters. The number of aryl methyl sites for hydroxylation is 1. The van der Waals surface area contributed by atoms with Crippen LogP contribution >= 0.6 is 0 Å². The van der Waals surface area contributed by atoms with Gasteiger partial charge in [0.05, 0.1) is 30.4 Å². The fourth-order valence-corrected chi connectivity index (χ4v) is 7.61. The van der Waals surface area contributed by atoms with E-state index in [4.69, 9.17) is 9.97 Å². The van der Waals surface area contributed by atoms with Gasteiger partial charge in [-0.15, -0.1) is 0 Å². The van der Waals surface area contributed by atoms with Gasteiger partial charge in [-0.05, 0) is 82.2 Å². The number of nitrogens with zero attached hydrogens (tertiary/aromatic N) is 6. The number of benzene rings is 1. The number of nitrogens with one attached hydrogen (secondary N) is 2. The maximum atomic E-state index is 14.2. The lowest BCUT2D eigenvalue weighted by molar-refractivity contribution is -0.143. The van der Waals surface area contributed by atoms with Gasteiger partial charge in [-0.2, -0.15) is 5.10 Å². The number of piperidine rings is 1. The molecule has 0 radical (unpaired) electrons. The van der Waals surface area contributed by atoms with Crippen molar-refractivity contribution >= 4 is 17.5 Å². The van der Waals surface area contributed by atoms with Crippen molar-refractivity contribution in [2.45, 2.75) is 89.9 Å². The van der Waals surface area contributed by atoms with Crippen LogP contribution in [0, 0.1) is 17.7 Å². The van der Waals surface area contributed by atoms with E-state index >= 15 is 0 Å². The summed E-state index contributed by atoms with van der Waals surface area (Å²) in [7, 11) is 1.95. The molecular formula is C35H49FN8O2. The number of carboxylic acid groups (broad SMARTS) is 1. The lowest BCUT2D eigenvalue weighted by atomic mass is 9.78. The lowest BCUT2D eigenvalue weighted by Crippen LogP contribution is -2.39. The Morgan fingerprint density at radius 2 is 1.91 bits per heavy atom. The van der Waals surface area contributed by atoms with Crippen LogP contribution in [-0.4, -0.2) is 67.9 Å². The fraction of sp³-hybridized carbons (Fsp3) is 0.600. The highest BCUT2D eigenvalue weighted by atomic mass is 19.1. The zero-order valence-corrected chi connectivity index (χ0v) is 27.3. The predicted molar refractivity (Wildman–Crippen MR) is 177 cm³/mol. The van der Waals surface area contributed by atoms with Crippen molar-refractivity contribution in [2.75, 3.05) is 36.4 Å². The number of hydrogen-bond acceptors (Lipinski definition) is 8. The molecule has 248 valence electrons. The third-order valence-corrected chi connectivity index (χ3v) is 10.3. The Morgan fingerprint density at radius 3 is 2.61 bits per heavy atom. The Balaban J connectivity index is 1.26. The first-order valence-electron chi connectivity index (χ1n) is 17.2. The van der Waals surface area contributed by atoms with Crippen LogP contribution in [0.1, 0.15) is 87.0 Å². The third-order valence-electron chi connectivity index (χ3n) is 10.3. The molecule has 3 aromatic rings. The van der Waals surface area contributed by atoms with Gasteiger partial charge in [0, 0.05) is 62.2 Å². The van der Waals surface area contributed by atoms with Gasteiger partial charge in [-0.3, -0.25) is 9.48 Å². The van der Waals surface area contributed by atoms with E-state index < -0.39 is 5.97 Å². The van der Waals surface area contributed by atoms with Crippen molar-refractivity contribution in [1.29, 1.82) is 0 Å². The Kier molecular flexibility index (Phi) is 10.5. The summed E-state index contributed by atoms with van der Waals surface area (Å²) in [4.78, 5) is 26.5. The predicted octanol–water partition coefficient (Wildman–Crippen LogP) is 5.31. The topological polar surface area (TPSA) is 111 Å². The second-order valence-corrected chi connectivity index (χ2v) is 13.4. The van der Waals surface area contributed by atoms with Crippen LogP contribution in [0.25, 0.3) is 0 Å². The van der Waals surface area contributed by atoms with Gasteiger partial charge in [-0.25, -0.2) is 14.4 Å². The number of anilines is 2. The van der Waals surface area contributed by atoms with E-state index in [0.717, 1.165) is 98.9 Å². The zero-order valence-electron chi connectivity index (χ0n) is 27.3. The summed E-state index contributed by atoms with van der Waals surface area (Å²) in [6, 6.07) is 7.10. The van der Waals surface area contributed by atoms with E-state index in [9.17, 15) is 14.3 Å². The average molecular weight is 633 g/mol. The molecular weight excluding hydrogens is 583 g/mol. The van der Waals surface area contributed by atoms with Crippen LogP contribution < -0.4 is 15.5 Å². The molecule has 3 aliphatic rings. The van der Waals surface area contributed by atoms with Crippen molar-refractivity contribution in [3.05, 3.63) is 65.1 Å². The van der Waals surface area contributed by atoms with Crippen LogP contribution in [0.4, 0.5) is 15.9 Å². The van der Waals surface area contributed by atoms with Crippen LogP contribution in [0.3, 0.4) is 0 Å². The molecule has 1 aliphatic carbocycles. The Labute approximate surface area is 271 Å². The number of hydrogen-bond donors (Lipinski definition) is 3. The fourth-order valence-electron chi connectivity index (χ4n) is 7.61. The highest BCUT2D eigenvalue weighted by molar-refractivity contribution is 5.70. The summed E-state index contributed by atoms with van der Waals surface area (Å²) in [5, 5.41) is 21.6. The quantitative estimate of drug-likeness (QED) is 0.245. The average Bonchev–Trinajstić information content (AvgIpc) is 3.51. The first kappa shape index (κ1) is 32.4. The molecule has 4 heterocycles. The van der Waals surface area contributed by atoms with E-state index in [-0.39, 0.29) is 23.8 Å². The molecule has 1 saturated heterocycles. The minimum absolute atomic E-state index is 0.00367. The summed E-state index contributed by atoms with van der Waals surface area (Å²) in [5.41, 5.74) is 4.09. The van der Waals surface area contributed by atoms with Gasteiger partial charge in [0.2, 0.25) is 0 Å². The van der Waals surface area contributed by atoms with Crippen LogP contribution in [0.5, 0.6) is 0 Å². The lowest BCUT2D eigenvalue weighted by Gasteiger charge is -2.34. The number of aliphatic carboxylic acids is 1. The van der Waals surface area contributed by atoms with Gasteiger partial charge in [0.25, 0.3) is 0 Å². The van der Waals surface area contributed by atoms with Gasteiger partial charge < -0.3 is 25.5 Å². The van der Waals surface area contributed by atoms with Gasteiger partial charge in [0.15, 0.2) is 0 Å². The first-order chi connectivity index (χ1) is 22.4. The zero-order chi connectivity index (χ0) is 32.0. The summed E-state index contributed by atoms with van der Waals surface area (Å²) < 4.78 is 16.0. The van der Waals surface area contributed by atoms with Gasteiger partial charge in [0.1, 0.15) is 17.5 Å². The molecule has 0 amide bonds. The van der Waals surface area contributed by atoms with Crippen molar-refractivity contribution in [2.24, 2.45) is 18.9 Å². The molecule has 2 aromatic heterocycles. The van der Waals surface area contributed by atoms with E-state index in [2.05, 4.69) is 38.7 Å². The highest BCUT2D eigenvalue weighted by Gasteiger charge is 2.31. The number of likely N-dealkylation sites (tertiary alicyclic amines) is 1. The summed E-state index contributed by atoms with van der Waals surface area (Å²) in [5.74, 6) is 0.943. The molecule has 1 aromatic carbocycles.